The van der Waals surface area contributed by atoms with Crippen molar-refractivity contribution in [3.63, 3.8) is 0 Å². The first-order valence-electron chi connectivity index (χ1n) is 7.53. The number of nitrogens with one attached hydrogen (secondary N) is 1. The van der Waals surface area contributed by atoms with Gasteiger partial charge in [-0.3, -0.25) is 9.59 Å². The van der Waals surface area contributed by atoms with Gasteiger partial charge >= 0.3 is 0 Å². The lowest BCUT2D eigenvalue weighted by Crippen LogP contribution is -2.65. The number of carbonyl (C=O) groups excluding carboxylic acids is 2. The third-order valence-corrected chi connectivity index (χ3v) is 5.62. The molecule has 2 amide bonds. The van der Waals surface area contributed by atoms with E-state index in [2.05, 4.69) is 10.5 Å². The lowest BCUT2D eigenvalue weighted by Gasteiger charge is -2.60. The maximum absolute atomic E-state index is 12.3. The maximum atomic E-state index is 12.3. The molecular weight excluding hydrogens is 270 g/mol. The Labute approximate surface area is 122 Å². The summed E-state index contributed by atoms with van der Waals surface area (Å²) < 4.78 is 4.93. The van der Waals surface area contributed by atoms with Crippen molar-refractivity contribution >= 4 is 11.8 Å². The number of aromatic nitrogens is 1. The summed E-state index contributed by atoms with van der Waals surface area (Å²) in [5, 5.41) is 6.70. The van der Waals surface area contributed by atoms with Gasteiger partial charge in [0.05, 0.1) is 11.6 Å². The topological polar surface area (TPSA) is 98.2 Å². The van der Waals surface area contributed by atoms with Crippen molar-refractivity contribution in [1.82, 2.24) is 10.5 Å². The maximum Gasteiger partial charge on any atom is 0.290 e. The van der Waals surface area contributed by atoms with Crippen LogP contribution in [-0.4, -0.2) is 22.5 Å². The monoisotopic (exact) mass is 289 g/mol. The summed E-state index contributed by atoms with van der Waals surface area (Å²) in [5.74, 6) is 0.769. The van der Waals surface area contributed by atoms with E-state index in [-0.39, 0.29) is 23.1 Å². The van der Waals surface area contributed by atoms with Gasteiger partial charge in [0.1, 0.15) is 0 Å². The van der Waals surface area contributed by atoms with Crippen molar-refractivity contribution < 1.29 is 14.1 Å². The number of rotatable bonds is 3. The summed E-state index contributed by atoms with van der Waals surface area (Å²) in [4.78, 5) is 24.3. The lowest BCUT2D eigenvalue weighted by atomic mass is 9.46. The highest BCUT2D eigenvalue weighted by Gasteiger charge is 2.60. The van der Waals surface area contributed by atoms with Crippen LogP contribution in [0.15, 0.2) is 16.8 Å². The van der Waals surface area contributed by atoms with Gasteiger partial charge in [0.25, 0.3) is 5.91 Å². The Morgan fingerprint density at radius 2 is 2.00 bits per heavy atom. The summed E-state index contributed by atoms with van der Waals surface area (Å²) in [5.41, 5.74) is 4.98. The molecule has 2 unspecified atom stereocenters. The van der Waals surface area contributed by atoms with E-state index >= 15 is 0 Å². The zero-order chi connectivity index (χ0) is 14.7. The highest BCUT2D eigenvalue weighted by molar-refractivity contribution is 5.92. The van der Waals surface area contributed by atoms with Crippen LogP contribution < -0.4 is 11.1 Å². The fraction of sp³-hybridized carbons (Fsp3) is 0.667. The minimum Gasteiger partial charge on any atom is -0.369 e. The average molecular weight is 289 g/mol. The molecule has 3 N–H and O–H groups in total. The fourth-order valence-corrected chi connectivity index (χ4v) is 5.33. The van der Waals surface area contributed by atoms with Gasteiger partial charge in [-0.2, -0.15) is 0 Å². The molecule has 0 saturated heterocycles. The fourth-order valence-electron chi connectivity index (χ4n) is 5.33. The predicted octanol–water partition coefficient (Wildman–Crippen LogP) is 1.23. The molecule has 2 atom stereocenters. The number of hydrogen-bond donors (Lipinski definition) is 2. The van der Waals surface area contributed by atoms with Gasteiger partial charge in [0.2, 0.25) is 11.7 Å². The largest absolute Gasteiger partial charge is 0.369 e. The van der Waals surface area contributed by atoms with Crippen LogP contribution in [-0.2, 0) is 4.79 Å². The van der Waals surface area contributed by atoms with Crippen molar-refractivity contribution in [1.29, 1.82) is 0 Å². The molecular formula is C15H19N3O3. The number of carbonyl (C=O) groups is 2. The lowest BCUT2D eigenvalue weighted by molar-refractivity contribution is -0.146. The van der Waals surface area contributed by atoms with E-state index in [1.54, 1.807) is 6.07 Å². The minimum absolute atomic E-state index is 0.199. The Kier molecular flexibility index (Phi) is 2.50. The Hall–Kier alpha value is -1.85. The summed E-state index contributed by atoms with van der Waals surface area (Å²) in [6.45, 7) is 0. The first-order valence-corrected chi connectivity index (χ1v) is 7.53. The molecule has 4 aliphatic rings. The molecule has 0 radical (unpaired) electrons. The minimum atomic E-state index is -0.418. The van der Waals surface area contributed by atoms with Crippen molar-refractivity contribution in [2.75, 3.05) is 0 Å². The third kappa shape index (κ3) is 1.88. The van der Waals surface area contributed by atoms with Gasteiger partial charge in [-0.15, -0.1) is 0 Å². The van der Waals surface area contributed by atoms with Crippen LogP contribution in [0.5, 0.6) is 0 Å². The second-order valence-electron chi connectivity index (χ2n) is 7.22. The molecule has 0 spiro atoms. The number of nitrogens with zero attached hydrogens (tertiary/aromatic N) is 1. The highest BCUT2D eigenvalue weighted by atomic mass is 16.5. The molecule has 1 heterocycles. The summed E-state index contributed by atoms with van der Waals surface area (Å²) in [6, 6.07) is 1.56. The van der Waals surface area contributed by atoms with Crippen molar-refractivity contribution in [2.24, 2.45) is 23.0 Å². The smallest absolute Gasteiger partial charge is 0.290 e. The molecule has 6 heteroatoms. The molecule has 4 saturated carbocycles. The second kappa shape index (κ2) is 4.08. The van der Waals surface area contributed by atoms with Gasteiger partial charge in [0, 0.05) is 11.6 Å². The number of nitrogens with two attached hydrogens (primary N) is 1. The van der Waals surface area contributed by atoms with Crippen LogP contribution in [0, 0.1) is 17.3 Å². The SMILES string of the molecule is NC(=O)C12CC3CC(CC(NC(=O)c4ccno4)(C3)C1)C2. The van der Waals surface area contributed by atoms with Crippen LogP contribution >= 0.6 is 0 Å². The molecule has 4 fully saturated rings. The third-order valence-electron chi connectivity index (χ3n) is 5.62. The summed E-state index contributed by atoms with van der Waals surface area (Å²) in [6.07, 6.45) is 6.95. The van der Waals surface area contributed by atoms with Crippen LogP contribution in [0.25, 0.3) is 0 Å². The molecule has 1 aromatic heterocycles. The quantitative estimate of drug-likeness (QED) is 0.874. The molecule has 21 heavy (non-hydrogen) atoms. The Balaban J connectivity index is 1.62. The molecule has 4 bridgehead atoms. The zero-order valence-corrected chi connectivity index (χ0v) is 11.8. The van der Waals surface area contributed by atoms with E-state index in [9.17, 15) is 9.59 Å². The van der Waals surface area contributed by atoms with E-state index in [1.807, 2.05) is 0 Å². The first-order chi connectivity index (χ1) is 10.0. The summed E-state index contributed by atoms with van der Waals surface area (Å²) in [7, 11) is 0. The van der Waals surface area contributed by atoms with E-state index in [1.165, 1.54) is 6.20 Å². The van der Waals surface area contributed by atoms with Crippen LogP contribution in [0.2, 0.25) is 0 Å². The van der Waals surface area contributed by atoms with Crippen molar-refractivity contribution in [3.05, 3.63) is 18.0 Å². The Bertz CT molecular complexity index is 581. The van der Waals surface area contributed by atoms with Crippen LogP contribution in [0.1, 0.15) is 49.1 Å². The van der Waals surface area contributed by atoms with Crippen LogP contribution in [0.4, 0.5) is 0 Å². The normalized spacial score (nSPS) is 40.2. The number of primary amides is 1. The molecule has 4 aliphatic carbocycles. The number of hydrogen-bond acceptors (Lipinski definition) is 4. The zero-order valence-electron chi connectivity index (χ0n) is 11.8. The first kappa shape index (κ1) is 12.9. The van der Waals surface area contributed by atoms with E-state index in [0.717, 1.165) is 32.1 Å². The number of amides is 2. The van der Waals surface area contributed by atoms with Gasteiger partial charge in [-0.1, -0.05) is 5.16 Å². The van der Waals surface area contributed by atoms with E-state index < -0.39 is 5.41 Å². The van der Waals surface area contributed by atoms with Gasteiger partial charge < -0.3 is 15.6 Å². The van der Waals surface area contributed by atoms with Crippen molar-refractivity contribution in [3.8, 4) is 0 Å². The van der Waals surface area contributed by atoms with Gasteiger partial charge in [0.15, 0.2) is 0 Å². The van der Waals surface area contributed by atoms with Gasteiger partial charge in [-0.25, -0.2) is 0 Å². The van der Waals surface area contributed by atoms with E-state index in [0.29, 0.717) is 18.3 Å². The highest BCUT2D eigenvalue weighted by Crippen LogP contribution is 2.61. The molecule has 5 rings (SSSR count). The molecule has 0 aliphatic heterocycles. The molecule has 1 aromatic rings. The summed E-state index contributed by atoms with van der Waals surface area (Å²) >= 11 is 0. The van der Waals surface area contributed by atoms with E-state index in [4.69, 9.17) is 10.3 Å². The Morgan fingerprint density at radius 3 is 2.57 bits per heavy atom. The molecule has 112 valence electrons. The van der Waals surface area contributed by atoms with Crippen LogP contribution in [0.3, 0.4) is 0 Å². The standard InChI is InChI=1S/C15H19N3O3/c16-13(20)14-4-9-3-10(5-14)7-15(6-9,8-14)18-12(19)11-1-2-17-21-11/h1-2,9-10H,3-8H2,(H2,16,20)(H,18,19). The van der Waals surface area contributed by atoms with Gasteiger partial charge in [-0.05, 0) is 50.4 Å². The Morgan fingerprint density at radius 1 is 1.29 bits per heavy atom. The van der Waals surface area contributed by atoms with Crippen molar-refractivity contribution in [2.45, 2.75) is 44.1 Å². The average Bonchev–Trinajstić information content (AvgIpc) is 2.90. The predicted molar refractivity (Wildman–Crippen MR) is 73.0 cm³/mol. The molecule has 6 nitrogen and oxygen atoms in total. The molecule has 0 aromatic carbocycles. The second-order valence-corrected chi connectivity index (χ2v) is 7.22.